The van der Waals surface area contributed by atoms with Gasteiger partial charge in [-0.2, -0.15) is 0 Å². The summed E-state index contributed by atoms with van der Waals surface area (Å²) in [7, 11) is 0. The lowest BCUT2D eigenvalue weighted by Gasteiger charge is -2.16. The van der Waals surface area contributed by atoms with E-state index in [1.807, 2.05) is 53.1 Å². The molecule has 4 aromatic heterocycles. The predicted octanol–water partition coefficient (Wildman–Crippen LogP) is 4.73. The molecule has 1 saturated heterocycles. The summed E-state index contributed by atoms with van der Waals surface area (Å²) in [4.78, 5) is 45.9. The highest BCUT2D eigenvalue weighted by Gasteiger charge is 2.21. The smallest absolute Gasteiger partial charge is 0.276 e. The van der Waals surface area contributed by atoms with E-state index in [-0.39, 0.29) is 17.4 Å². The van der Waals surface area contributed by atoms with E-state index in [1.54, 1.807) is 29.1 Å². The van der Waals surface area contributed by atoms with Crippen molar-refractivity contribution >= 4 is 52.8 Å². The first-order valence-electron chi connectivity index (χ1n) is 13.4. The maximum absolute atomic E-state index is 11.9. The van der Waals surface area contributed by atoms with E-state index < -0.39 is 0 Å². The van der Waals surface area contributed by atoms with Crippen LogP contribution >= 0.6 is 24.4 Å². The molecule has 0 saturated carbocycles. The van der Waals surface area contributed by atoms with Gasteiger partial charge in [0.05, 0.1) is 37.3 Å². The standard InChI is InChI=1S/C16H15N3O3S.C14H11N3O2S/c20-14-13-12(5-6-17-13)19(16(23)18-14)9-10-3-1-2-4-11(10)15-21-7-8-22-15;18-8-10-4-2-1-3-9(10)7-17-11-5-6-15-12(11)13(19)16-14(17)20/h1-6,15,17H,7-9H2,(H,18,20,23);1-6,8,15H,7H2,(H,16,19,20). The largest absolute Gasteiger partial charge is 0.355 e. The zero-order valence-corrected chi connectivity index (χ0v) is 24.3. The summed E-state index contributed by atoms with van der Waals surface area (Å²) in [5.41, 5.74) is 5.55. The fraction of sp³-hybridized carbons (Fsp3) is 0.167. The fourth-order valence-electron chi connectivity index (χ4n) is 5.10. The van der Waals surface area contributed by atoms with Crippen LogP contribution in [0, 0.1) is 9.54 Å². The SMILES string of the molecule is O=Cc1ccccc1Cn1c(=S)[nH]c(=O)c2[nH]ccc21.O=c1[nH]c(=S)n(Cc2ccccc2C2OCCO2)c2cc[nH]c12. The Morgan fingerprint density at radius 2 is 1.26 bits per heavy atom. The van der Waals surface area contributed by atoms with Crippen molar-refractivity contribution in [1.29, 1.82) is 0 Å². The Labute approximate surface area is 253 Å². The molecular weight excluding hydrogens is 589 g/mol. The molecule has 0 unspecified atom stereocenters. The minimum atomic E-state index is -0.343. The Bertz CT molecular complexity index is 2180. The van der Waals surface area contributed by atoms with Crippen LogP contribution in [0.5, 0.6) is 0 Å². The number of aromatic amines is 4. The number of H-pyrrole nitrogens is 4. The molecule has 5 heterocycles. The number of hydrogen-bond acceptors (Lipinski definition) is 7. The molecule has 6 aromatic rings. The highest BCUT2D eigenvalue weighted by Crippen LogP contribution is 2.27. The lowest BCUT2D eigenvalue weighted by molar-refractivity contribution is -0.0447. The third-order valence-electron chi connectivity index (χ3n) is 7.19. The van der Waals surface area contributed by atoms with Crippen LogP contribution < -0.4 is 11.1 Å². The molecule has 0 spiro atoms. The van der Waals surface area contributed by atoms with Gasteiger partial charge >= 0.3 is 0 Å². The summed E-state index contributed by atoms with van der Waals surface area (Å²) >= 11 is 10.6. The van der Waals surface area contributed by atoms with Crippen molar-refractivity contribution in [2.24, 2.45) is 0 Å². The third kappa shape index (κ3) is 5.70. The van der Waals surface area contributed by atoms with E-state index in [0.29, 0.717) is 52.4 Å². The van der Waals surface area contributed by atoms with Crippen molar-refractivity contribution < 1.29 is 14.3 Å². The first kappa shape index (κ1) is 28.4. The van der Waals surface area contributed by atoms with Crippen LogP contribution in [0.4, 0.5) is 0 Å². The molecule has 2 aromatic carbocycles. The second kappa shape index (κ2) is 12.3. The second-order valence-corrected chi connectivity index (χ2v) is 10.5. The number of benzene rings is 2. The monoisotopic (exact) mass is 614 g/mol. The normalized spacial score (nSPS) is 13.3. The summed E-state index contributed by atoms with van der Waals surface area (Å²) in [6.45, 7) is 2.15. The number of nitrogens with zero attached hydrogens (tertiary/aromatic N) is 2. The summed E-state index contributed by atoms with van der Waals surface area (Å²) in [5, 5.41) is 0. The van der Waals surface area contributed by atoms with Crippen LogP contribution in [0.15, 0.2) is 82.6 Å². The summed E-state index contributed by atoms with van der Waals surface area (Å²) in [6, 6.07) is 18.9. The Hall–Kier alpha value is -4.69. The second-order valence-electron chi connectivity index (χ2n) is 9.76. The Kier molecular flexibility index (Phi) is 8.11. The highest BCUT2D eigenvalue weighted by molar-refractivity contribution is 7.71. The molecule has 4 N–H and O–H groups in total. The van der Waals surface area contributed by atoms with Crippen LogP contribution in [0.25, 0.3) is 22.1 Å². The number of ether oxygens (including phenoxy) is 2. The number of aromatic nitrogens is 6. The number of rotatable bonds is 6. The van der Waals surface area contributed by atoms with E-state index in [9.17, 15) is 14.4 Å². The van der Waals surface area contributed by atoms with Gasteiger partial charge in [0.1, 0.15) is 17.3 Å². The van der Waals surface area contributed by atoms with Crippen molar-refractivity contribution in [3.8, 4) is 0 Å². The zero-order valence-electron chi connectivity index (χ0n) is 22.7. The maximum Gasteiger partial charge on any atom is 0.276 e. The molecule has 0 atom stereocenters. The predicted molar refractivity (Wildman–Crippen MR) is 167 cm³/mol. The van der Waals surface area contributed by atoms with Crippen molar-refractivity contribution in [3.63, 3.8) is 0 Å². The van der Waals surface area contributed by atoms with Gasteiger partial charge in [0.2, 0.25) is 0 Å². The van der Waals surface area contributed by atoms with Crippen molar-refractivity contribution in [3.05, 3.63) is 126 Å². The Morgan fingerprint density at radius 3 is 1.84 bits per heavy atom. The maximum atomic E-state index is 11.9. The first-order valence-corrected chi connectivity index (χ1v) is 14.2. The zero-order chi connectivity index (χ0) is 29.9. The number of nitrogens with one attached hydrogen (secondary N) is 4. The van der Waals surface area contributed by atoms with Crippen LogP contribution in [-0.2, 0) is 22.6 Å². The van der Waals surface area contributed by atoms with Crippen LogP contribution in [0.3, 0.4) is 0 Å². The third-order valence-corrected chi connectivity index (χ3v) is 7.83. The molecule has 1 fully saturated rings. The van der Waals surface area contributed by atoms with Gasteiger partial charge in [-0.15, -0.1) is 0 Å². The molecule has 0 bridgehead atoms. The average molecular weight is 615 g/mol. The lowest BCUT2D eigenvalue weighted by atomic mass is 10.1. The van der Waals surface area contributed by atoms with Gasteiger partial charge in [0.15, 0.2) is 15.8 Å². The summed E-state index contributed by atoms with van der Waals surface area (Å²) in [5.74, 6) is 0. The number of carbonyl (C=O) groups excluding carboxylic acids is 1. The van der Waals surface area contributed by atoms with Crippen LogP contribution in [0.1, 0.15) is 33.3 Å². The highest BCUT2D eigenvalue weighted by atomic mass is 32.1. The van der Waals surface area contributed by atoms with E-state index in [1.165, 1.54) is 0 Å². The molecule has 13 heteroatoms. The molecule has 218 valence electrons. The molecule has 7 rings (SSSR count). The van der Waals surface area contributed by atoms with Crippen molar-refractivity contribution in [2.75, 3.05) is 13.2 Å². The number of carbonyl (C=O) groups is 1. The number of hydrogen-bond donors (Lipinski definition) is 4. The molecule has 43 heavy (non-hydrogen) atoms. The molecule has 0 aliphatic carbocycles. The summed E-state index contributed by atoms with van der Waals surface area (Å²) < 4.78 is 15.7. The quantitative estimate of drug-likeness (QED) is 0.157. The first-order chi connectivity index (χ1) is 20.9. The van der Waals surface area contributed by atoms with E-state index in [4.69, 9.17) is 33.9 Å². The van der Waals surface area contributed by atoms with Gasteiger partial charge in [-0.25, -0.2) is 0 Å². The Morgan fingerprint density at radius 1 is 0.744 bits per heavy atom. The molecule has 1 aliphatic heterocycles. The lowest BCUT2D eigenvalue weighted by Crippen LogP contribution is -2.15. The van der Waals surface area contributed by atoms with Crippen molar-refractivity contribution in [2.45, 2.75) is 19.4 Å². The van der Waals surface area contributed by atoms with Gasteiger partial charge in [-0.05, 0) is 47.7 Å². The summed E-state index contributed by atoms with van der Waals surface area (Å²) in [6.07, 6.45) is 3.90. The number of aldehydes is 1. The molecule has 0 radical (unpaired) electrons. The topological polar surface area (TPSA) is 143 Å². The number of fused-ring (bicyclic) bond motifs is 2. The van der Waals surface area contributed by atoms with Gasteiger partial charge in [0, 0.05) is 23.5 Å². The van der Waals surface area contributed by atoms with E-state index >= 15 is 0 Å². The molecular formula is C30H26N6O5S2. The Balaban J connectivity index is 0.000000155. The van der Waals surface area contributed by atoms with Gasteiger partial charge in [0.25, 0.3) is 11.1 Å². The van der Waals surface area contributed by atoms with Gasteiger partial charge in [-0.3, -0.25) is 24.4 Å². The molecule has 0 amide bonds. The average Bonchev–Trinajstić information content (AvgIpc) is 3.81. The molecule has 11 nitrogen and oxygen atoms in total. The minimum Gasteiger partial charge on any atom is -0.355 e. The van der Waals surface area contributed by atoms with E-state index in [2.05, 4.69) is 19.9 Å². The van der Waals surface area contributed by atoms with Crippen LogP contribution in [-0.4, -0.2) is 48.6 Å². The van der Waals surface area contributed by atoms with Crippen molar-refractivity contribution in [1.82, 2.24) is 29.1 Å². The van der Waals surface area contributed by atoms with Gasteiger partial charge < -0.3 is 28.6 Å². The van der Waals surface area contributed by atoms with Crippen LogP contribution in [0.2, 0.25) is 0 Å². The van der Waals surface area contributed by atoms with Gasteiger partial charge in [-0.1, -0.05) is 48.5 Å². The van der Waals surface area contributed by atoms with E-state index in [0.717, 1.165) is 34.0 Å². The minimum absolute atomic E-state index is 0.206. The fourth-order valence-corrected chi connectivity index (χ4v) is 5.61. The molecule has 1 aliphatic rings.